The lowest BCUT2D eigenvalue weighted by molar-refractivity contribution is 0.669. The van der Waals surface area contributed by atoms with Crippen LogP contribution in [0.15, 0.2) is 156 Å². The van der Waals surface area contributed by atoms with Gasteiger partial charge in [-0.2, -0.15) is 0 Å². The fraction of sp³-hybridized carbons (Fsp3) is 0. The van der Waals surface area contributed by atoms with Gasteiger partial charge in [-0.05, 0) is 69.1 Å². The molecule has 4 heteroatoms. The minimum atomic E-state index is 0.624. The van der Waals surface area contributed by atoms with E-state index >= 15 is 0 Å². The van der Waals surface area contributed by atoms with E-state index in [4.69, 9.17) is 19.4 Å². The normalized spacial score (nSPS) is 11.6. The van der Waals surface area contributed by atoms with Gasteiger partial charge in [0.2, 0.25) is 0 Å². The molecule has 0 aliphatic heterocycles. The van der Waals surface area contributed by atoms with Crippen molar-refractivity contribution < 1.29 is 4.42 Å². The summed E-state index contributed by atoms with van der Waals surface area (Å²) in [4.78, 5) is 14.7. The summed E-state index contributed by atoms with van der Waals surface area (Å²) in [6, 6.07) is 52.3. The maximum Gasteiger partial charge on any atom is 0.164 e. The number of rotatable bonds is 4. The number of furan rings is 1. The molecule has 0 aliphatic rings. The van der Waals surface area contributed by atoms with E-state index in [9.17, 15) is 0 Å². The van der Waals surface area contributed by atoms with Crippen molar-refractivity contribution in [1.82, 2.24) is 15.0 Å². The van der Waals surface area contributed by atoms with E-state index in [1.807, 2.05) is 72.8 Å². The van der Waals surface area contributed by atoms with Gasteiger partial charge < -0.3 is 4.42 Å². The highest BCUT2D eigenvalue weighted by Crippen LogP contribution is 2.36. The SMILES string of the molecule is c1ccc(-c2nc(-c3ccccc3)nc(-c3ccc4oc5cc(-c6ccc7c(ccc8ccccc87)c6)ccc5c4c3)n2)cc1. The van der Waals surface area contributed by atoms with Crippen LogP contribution in [0, 0.1) is 0 Å². The smallest absolute Gasteiger partial charge is 0.164 e. The Balaban J connectivity index is 1.14. The van der Waals surface area contributed by atoms with E-state index in [0.29, 0.717) is 17.5 Å². The van der Waals surface area contributed by atoms with Gasteiger partial charge in [-0.15, -0.1) is 0 Å². The van der Waals surface area contributed by atoms with Crippen LogP contribution >= 0.6 is 0 Å². The Morgan fingerprint density at radius 2 is 0.867 bits per heavy atom. The topological polar surface area (TPSA) is 51.8 Å². The van der Waals surface area contributed by atoms with Gasteiger partial charge in [-0.1, -0.05) is 115 Å². The molecular weight excluding hydrogens is 550 g/mol. The highest BCUT2D eigenvalue weighted by molar-refractivity contribution is 6.09. The molecule has 2 heterocycles. The van der Waals surface area contributed by atoms with Crippen LogP contribution in [0.1, 0.15) is 0 Å². The zero-order valence-corrected chi connectivity index (χ0v) is 24.2. The van der Waals surface area contributed by atoms with E-state index in [1.165, 1.54) is 21.5 Å². The van der Waals surface area contributed by atoms with Crippen molar-refractivity contribution in [1.29, 1.82) is 0 Å². The van der Waals surface area contributed by atoms with Crippen LogP contribution in [0.5, 0.6) is 0 Å². The van der Waals surface area contributed by atoms with Crippen LogP contribution < -0.4 is 0 Å². The first-order valence-electron chi connectivity index (χ1n) is 15.0. The van der Waals surface area contributed by atoms with Crippen molar-refractivity contribution in [3.05, 3.63) is 152 Å². The average Bonchev–Trinajstić information content (AvgIpc) is 3.49. The minimum absolute atomic E-state index is 0.624. The van der Waals surface area contributed by atoms with E-state index in [1.54, 1.807) is 0 Å². The molecule has 0 bridgehead atoms. The van der Waals surface area contributed by atoms with Gasteiger partial charge in [0.05, 0.1) is 0 Å². The van der Waals surface area contributed by atoms with E-state index < -0.39 is 0 Å². The zero-order valence-electron chi connectivity index (χ0n) is 24.2. The van der Waals surface area contributed by atoms with Crippen molar-refractivity contribution in [2.75, 3.05) is 0 Å². The molecule has 0 amide bonds. The fourth-order valence-electron chi connectivity index (χ4n) is 6.23. The van der Waals surface area contributed by atoms with Gasteiger partial charge in [-0.3, -0.25) is 0 Å². The van der Waals surface area contributed by atoms with Crippen LogP contribution in [-0.2, 0) is 0 Å². The molecule has 0 fully saturated rings. The molecule has 0 unspecified atom stereocenters. The first-order chi connectivity index (χ1) is 22.3. The van der Waals surface area contributed by atoms with Crippen molar-refractivity contribution in [3.8, 4) is 45.3 Å². The first-order valence-corrected chi connectivity index (χ1v) is 15.0. The molecule has 0 saturated heterocycles. The summed E-state index contributed by atoms with van der Waals surface area (Å²) in [5, 5.41) is 7.10. The second-order valence-electron chi connectivity index (χ2n) is 11.3. The molecule has 0 aliphatic carbocycles. The molecule has 0 spiro atoms. The maximum atomic E-state index is 6.38. The Kier molecular flexibility index (Phi) is 5.78. The molecule has 9 aromatic rings. The van der Waals surface area contributed by atoms with Crippen molar-refractivity contribution in [3.63, 3.8) is 0 Å². The molecule has 45 heavy (non-hydrogen) atoms. The molecule has 9 rings (SSSR count). The summed E-state index contributed by atoms with van der Waals surface area (Å²) in [5.41, 5.74) is 6.76. The third-order valence-electron chi connectivity index (χ3n) is 8.51. The maximum absolute atomic E-state index is 6.38. The first kappa shape index (κ1) is 25.4. The van der Waals surface area contributed by atoms with Gasteiger partial charge >= 0.3 is 0 Å². The summed E-state index contributed by atoms with van der Waals surface area (Å²) < 4.78 is 6.38. The minimum Gasteiger partial charge on any atom is -0.456 e. The predicted molar refractivity (Wildman–Crippen MR) is 184 cm³/mol. The molecule has 2 aromatic heterocycles. The Bertz CT molecular complexity index is 2480. The van der Waals surface area contributed by atoms with E-state index in [0.717, 1.165) is 49.8 Å². The summed E-state index contributed by atoms with van der Waals surface area (Å²) in [6.45, 7) is 0. The zero-order chi connectivity index (χ0) is 29.7. The summed E-state index contributed by atoms with van der Waals surface area (Å²) >= 11 is 0. The predicted octanol–water partition coefficient (Wildman–Crippen LogP) is 10.7. The average molecular weight is 576 g/mol. The molecule has 4 nitrogen and oxygen atoms in total. The number of fused-ring (bicyclic) bond motifs is 6. The molecule has 210 valence electrons. The summed E-state index contributed by atoms with van der Waals surface area (Å²) in [7, 11) is 0. The molecule has 0 saturated carbocycles. The number of nitrogens with zero attached hydrogens (tertiary/aromatic N) is 3. The van der Waals surface area contributed by atoms with Crippen molar-refractivity contribution in [2.24, 2.45) is 0 Å². The molecule has 7 aromatic carbocycles. The number of hydrogen-bond acceptors (Lipinski definition) is 4. The fourth-order valence-corrected chi connectivity index (χ4v) is 6.23. The third kappa shape index (κ3) is 4.43. The second-order valence-corrected chi connectivity index (χ2v) is 11.3. The number of benzene rings is 7. The number of hydrogen-bond donors (Lipinski definition) is 0. The molecule has 0 radical (unpaired) electrons. The Hall–Kier alpha value is -6.13. The second kappa shape index (κ2) is 10.2. The molecular formula is C41H25N3O. The van der Waals surface area contributed by atoms with Crippen molar-refractivity contribution >= 4 is 43.5 Å². The molecule has 0 atom stereocenters. The Labute approximate surface area is 259 Å². The quantitative estimate of drug-likeness (QED) is 0.196. The van der Waals surface area contributed by atoms with Crippen LogP contribution in [0.2, 0.25) is 0 Å². The van der Waals surface area contributed by atoms with Crippen LogP contribution in [-0.4, -0.2) is 15.0 Å². The lowest BCUT2D eigenvalue weighted by Crippen LogP contribution is -2.00. The summed E-state index contributed by atoms with van der Waals surface area (Å²) in [5.74, 6) is 1.91. The number of aromatic nitrogens is 3. The van der Waals surface area contributed by atoms with Crippen LogP contribution in [0.4, 0.5) is 0 Å². The third-order valence-corrected chi connectivity index (χ3v) is 8.51. The molecule has 0 N–H and O–H groups in total. The Morgan fingerprint density at radius 3 is 1.60 bits per heavy atom. The van der Waals surface area contributed by atoms with Crippen LogP contribution in [0.25, 0.3) is 88.8 Å². The standard InChI is InChI=1S/C41H25N3O/c1-3-10-27(11-4-1)39-42-40(28-12-5-2-6-13-28)44-41(43-39)32-19-22-37-36(24-32)35-21-18-30(25-38(35)45-37)29-17-20-34-31(23-29)16-15-26-9-7-8-14-33(26)34/h1-25H. The Morgan fingerprint density at radius 1 is 0.311 bits per heavy atom. The highest BCUT2D eigenvalue weighted by atomic mass is 16.3. The summed E-state index contributed by atoms with van der Waals surface area (Å²) in [6.07, 6.45) is 0. The van der Waals surface area contributed by atoms with Gasteiger partial charge in [-0.25, -0.2) is 15.0 Å². The van der Waals surface area contributed by atoms with Crippen molar-refractivity contribution in [2.45, 2.75) is 0 Å². The van der Waals surface area contributed by atoms with Gasteiger partial charge in [0.1, 0.15) is 11.2 Å². The van der Waals surface area contributed by atoms with Gasteiger partial charge in [0.25, 0.3) is 0 Å². The van der Waals surface area contributed by atoms with Gasteiger partial charge in [0, 0.05) is 27.5 Å². The highest BCUT2D eigenvalue weighted by Gasteiger charge is 2.15. The largest absolute Gasteiger partial charge is 0.456 e. The monoisotopic (exact) mass is 575 g/mol. The lowest BCUT2D eigenvalue weighted by atomic mass is 9.97. The van der Waals surface area contributed by atoms with E-state index in [2.05, 4.69) is 78.9 Å². The van der Waals surface area contributed by atoms with Crippen LogP contribution in [0.3, 0.4) is 0 Å². The lowest BCUT2D eigenvalue weighted by Gasteiger charge is -2.08. The van der Waals surface area contributed by atoms with E-state index in [-0.39, 0.29) is 0 Å². The van der Waals surface area contributed by atoms with Gasteiger partial charge in [0.15, 0.2) is 17.5 Å².